The number of hydrogen-bond donors (Lipinski definition) is 0. The van der Waals surface area contributed by atoms with Crippen LogP contribution in [0.1, 0.15) is 15.9 Å². The topological polar surface area (TPSA) is 74.3 Å². The molecule has 0 aliphatic carbocycles. The van der Waals surface area contributed by atoms with Crippen LogP contribution in [0.25, 0.3) is 0 Å². The Morgan fingerprint density at radius 1 is 0.862 bits per heavy atom. The molecule has 0 atom stereocenters. The lowest BCUT2D eigenvalue weighted by Crippen LogP contribution is -2.35. The number of nitrogens with zero attached hydrogens (tertiary/aromatic N) is 1. The minimum absolute atomic E-state index is 0.1000. The number of esters is 1. The molecule has 0 aliphatic rings. The molecule has 2 aromatic carbocycles. The number of halogens is 2. The minimum Gasteiger partial charge on any atom is -0.497 e. The first-order valence-corrected chi connectivity index (χ1v) is 9.19. The molecule has 0 unspecified atom stereocenters. The van der Waals surface area contributed by atoms with E-state index in [0.29, 0.717) is 17.1 Å². The van der Waals surface area contributed by atoms with E-state index >= 15 is 0 Å². The van der Waals surface area contributed by atoms with Crippen molar-refractivity contribution in [3.05, 3.63) is 51.5 Å². The van der Waals surface area contributed by atoms with Crippen LogP contribution in [0.5, 0.6) is 17.2 Å². The highest BCUT2D eigenvalue weighted by Crippen LogP contribution is 2.34. The predicted octanol–water partition coefficient (Wildman–Crippen LogP) is 3.83. The molecule has 0 radical (unpaired) electrons. The van der Waals surface area contributed by atoms with Gasteiger partial charge in [-0.1, -0.05) is 23.2 Å². The summed E-state index contributed by atoms with van der Waals surface area (Å²) in [6.07, 6.45) is 0. The Morgan fingerprint density at radius 2 is 1.41 bits per heavy atom. The monoisotopic (exact) mass is 441 g/mol. The smallest absolute Gasteiger partial charge is 0.325 e. The average molecular weight is 442 g/mol. The lowest BCUT2D eigenvalue weighted by atomic mass is 10.1. The van der Waals surface area contributed by atoms with Crippen molar-refractivity contribution in [2.75, 3.05) is 35.0 Å². The third kappa shape index (κ3) is 5.68. The third-order valence-corrected chi connectivity index (χ3v) is 4.63. The van der Waals surface area contributed by atoms with Gasteiger partial charge in [-0.3, -0.25) is 9.59 Å². The van der Waals surface area contributed by atoms with E-state index < -0.39 is 11.9 Å². The van der Waals surface area contributed by atoms with Gasteiger partial charge in [0.2, 0.25) is 0 Å². The molecule has 29 heavy (non-hydrogen) atoms. The van der Waals surface area contributed by atoms with E-state index in [1.54, 1.807) is 18.2 Å². The summed E-state index contributed by atoms with van der Waals surface area (Å²) in [6, 6.07) is 8.07. The molecule has 0 aromatic heterocycles. The summed E-state index contributed by atoms with van der Waals surface area (Å²) in [6.45, 7) is -0.168. The number of carbonyl (C=O) groups is 2. The zero-order valence-electron chi connectivity index (χ0n) is 16.5. The van der Waals surface area contributed by atoms with Crippen molar-refractivity contribution in [1.29, 1.82) is 0 Å². The summed E-state index contributed by atoms with van der Waals surface area (Å²) in [5, 5.41) is 0.369. The second kappa shape index (κ2) is 10.2. The summed E-state index contributed by atoms with van der Waals surface area (Å²) in [5.41, 5.74) is 0.906. The van der Waals surface area contributed by atoms with Crippen molar-refractivity contribution in [2.45, 2.75) is 6.54 Å². The van der Waals surface area contributed by atoms with E-state index in [1.807, 2.05) is 0 Å². The maximum absolute atomic E-state index is 13.1. The Balaban J connectivity index is 2.40. The highest BCUT2D eigenvalue weighted by molar-refractivity contribution is 6.37. The number of ether oxygens (including phenoxy) is 4. The van der Waals surface area contributed by atoms with Gasteiger partial charge in [-0.2, -0.15) is 0 Å². The molecule has 2 rings (SSSR count). The fourth-order valence-electron chi connectivity index (χ4n) is 2.66. The average Bonchev–Trinajstić information content (AvgIpc) is 2.71. The highest BCUT2D eigenvalue weighted by atomic mass is 35.5. The van der Waals surface area contributed by atoms with Crippen LogP contribution in [0.3, 0.4) is 0 Å². The molecule has 1 amide bonds. The summed E-state index contributed by atoms with van der Waals surface area (Å²) < 4.78 is 20.4. The van der Waals surface area contributed by atoms with Crippen LogP contribution in [0.2, 0.25) is 10.0 Å². The van der Waals surface area contributed by atoms with Gasteiger partial charge in [0.25, 0.3) is 5.91 Å². The highest BCUT2D eigenvalue weighted by Gasteiger charge is 2.22. The Morgan fingerprint density at radius 3 is 1.86 bits per heavy atom. The largest absolute Gasteiger partial charge is 0.497 e. The van der Waals surface area contributed by atoms with Crippen LogP contribution in [0, 0.1) is 0 Å². The summed E-state index contributed by atoms with van der Waals surface area (Å²) in [7, 11) is 5.73. The summed E-state index contributed by atoms with van der Waals surface area (Å²) >= 11 is 12.3. The third-order valence-electron chi connectivity index (χ3n) is 4.07. The van der Waals surface area contributed by atoms with Crippen LogP contribution in [0.15, 0.2) is 30.3 Å². The van der Waals surface area contributed by atoms with Crippen molar-refractivity contribution in [3.8, 4) is 17.2 Å². The number of carbonyl (C=O) groups excluding carboxylic acids is 2. The minimum atomic E-state index is -0.570. The van der Waals surface area contributed by atoms with Crippen LogP contribution in [-0.2, 0) is 16.1 Å². The van der Waals surface area contributed by atoms with Gasteiger partial charge in [0, 0.05) is 18.2 Å². The molecule has 7 nitrogen and oxygen atoms in total. The van der Waals surface area contributed by atoms with Crippen LogP contribution in [-0.4, -0.2) is 51.8 Å². The maximum atomic E-state index is 13.1. The quantitative estimate of drug-likeness (QED) is 0.579. The molecule has 0 saturated carbocycles. The first kappa shape index (κ1) is 22.6. The molecule has 0 spiro atoms. The van der Waals surface area contributed by atoms with Crippen molar-refractivity contribution >= 4 is 35.1 Å². The van der Waals surface area contributed by atoms with E-state index in [1.165, 1.54) is 45.5 Å². The summed E-state index contributed by atoms with van der Waals surface area (Å²) in [5.74, 6) is 0.352. The summed E-state index contributed by atoms with van der Waals surface area (Å²) in [4.78, 5) is 26.3. The molecule has 0 saturated heterocycles. The van der Waals surface area contributed by atoms with Crippen molar-refractivity contribution in [2.24, 2.45) is 0 Å². The van der Waals surface area contributed by atoms with Gasteiger partial charge in [0.05, 0.1) is 38.5 Å². The van der Waals surface area contributed by atoms with Gasteiger partial charge < -0.3 is 23.8 Å². The predicted molar refractivity (Wildman–Crippen MR) is 109 cm³/mol. The normalized spacial score (nSPS) is 10.3. The molecule has 0 N–H and O–H groups in total. The Hall–Kier alpha value is -2.64. The molecule has 2 aromatic rings. The van der Waals surface area contributed by atoms with Crippen LogP contribution >= 0.6 is 23.2 Å². The molecule has 0 fully saturated rings. The molecular weight excluding hydrogens is 421 g/mol. The van der Waals surface area contributed by atoms with Crippen molar-refractivity contribution < 1.29 is 28.5 Å². The zero-order chi connectivity index (χ0) is 21.6. The first-order valence-electron chi connectivity index (χ1n) is 8.44. The van der Waals surface area contributed by atoms with Gasteiger partial charge in [-0.05, 0) is 29.8 Å². The van der Waals surface area contributed by atoms with Gasteiger partial charge in [0.15, 0.2) is 5.75 Å². The number of benzene rings is 2. The first-order chi connectivity index (χ1) is 13.8. The SMILES string of the molecule is COC(=O)CN(Cc1cc(OC)cc(OC)c1)C(=O)c1cc(Cl)c(OC)c(Cl)c1. The number of hydrogen-bond acceptors (Lipinski definition) is 6. The molecule has 0 aliphatic heterocycles. The fraction of sp³-hybridized carbons (Fsp3) is 0.300. The Labute approximate surface area is 179 Å². The van der Waals surface area contributed by atoms with Gasteiger partial charge in [0.1, 0.15) is 18.0 Å². The van der Waals surface area contributed by atoms with Crippen molar-refractivity contribution in [3.63, 3.8) is 0 Å². The lowest BCUT2D eigenvalue weighted by molar-refractivity contribution is -0.141. The van der Waals surface area contributed by atoms with Gasteiger partial charge in [-0.15, -0.1) is 0 Å². The molecule has 9 heteroatoms. The van der Waals surface area contributed by atoms with E-state index in [4.69, 9.17) is 42.1 Å². The zero-order valence-corrected chi connectivity index (χ0v) is 18.0. The molecule has 0 heterocycles. The number of amides is 1. The van der Waals surface area contributed by atoms with Crippen LogP contribution in [0.4, 0.5) is 0 Å². The fourth-order valence-corrected chi connectivity index (χ4v) is 3.30. The van der Waals surface area contributed by atoms with E-state index in [0.717, 1.165) is 0 Å². The van der Waals surface area contributed by atoms with Gasteiger partial charge >= 0.3 is 5.97 Å². The Bertz CT molecular complexity index is 857. The van der Waals surface area contributed by atoms with E-state index in [9.17, 15) is 9.59 Å². The lowest BCUT2D eigenvalue weighted by Gasteiger charge is -2.23. The second-order valence-electron chi connectivity index (χ2n) is 5.93. The molecule has 0 bridgehead atoms. The van der Waals surface area contributed by atoms with E-state index in [-0.39, 0.29) is 34.4 Å². The molecular formula is C20H21Cl2NO6. The maximum Gasteiger partial charge on any atom is 0.325 e. The molecule has 156 valence electrons. The van der Waals surface area contributed by atoms with Crippen LogP contribution < -0.4 is 14.2 Å². The number of rotatable bonds is 8. The van der Waals surface area contributed by atoms with E-state index in [2.05, 4.69) is 0 Å². The van der Waals surface area contributed by atoms with Crippen molar-refractivity contribution in [1.82, 2.24) is 4.90 Å². The Kier molecular flexibility index (Phi) is 7.99. The second-order valence-corrected chi connectivity index (χ2v) is 6.75. The standard InChI is InChI=1S/C20H21Cl2NO6/c1-26-14-5-12(6-15(9-14)27-2)10-23(11-18(24)28-3)20(25)13-7-16(21)19(29-4)17(22)8-13/h5-9H,10-11H2,1-4H3. The number of methoxy groups -OCH3 is 4. The van der Waals surface area contributed by atoms with Gasteiger partial charge in [-0.25, -0.2) is 0 Å².